The van der Waals surface area contributed by atoms with E-state index in [0.29, 0.717) is 16.9 Å². The lowest BCUT2D eigenvalue weighted by Gasteiger charge is -2.00. The number of halogens is 1. The minimum absolute atomic E-state index is 0.0888. The van der Waals surface area contributed by atoms with E-state index in [1.54, 1.807) is 43.6 Å². The van der Waals surface area contributed by atoms with Crippen LogP contribution in [0.4, 0.5) is 4.39 Å². The molecule has 2 aromatic carbocycles. The summed E-state index contributed by atoms with van der Waals surface area (Å²) < 4.78 is 24.6. The SMILES string of the molecule is COc1ccc(-c2noc(-c3cc4nccnc4cc3F)n2)cc1. The molecule has 0 spiro atoms. The van der Waals surface area contributed by atoms with Gasteiger partial charge in [-0.05, 0) is 30.3 Å². The predicted octanol–water partition coefficient (Wildman–Crippen LogP) is 3.49. The molecule has 0 fully saturated rings. The first-order chi connectivity index (χ1) is 11.7. The Hall–Kier alpha value is -3.35. The number of benzene rings is 2. The van der Waals surface area contributed by atoms with Gasteiger partial charge in [0.25, 0.3) is 5.89 Å². The first kappa shape index (κ1) is 14.3. The van der Waals surface area contributed by atoms with Crippen molar-refractivity contribution in [2.24, 2.45) is 0 Å². The molecule has 118 valence electrons. The molecular weight excluding hydrogens is 311 g/mol. The number of hydrogen-bond donors (Lipinski definition) is 0. The van der Waals surface area contributed by atoms with E-state index in [4.69, 9.17) is 9.26 Å². The molecule has 7 heteroatoms. The average Bonchev–Trinajstić information content (AvgIpc) is 3.11. The molecule has 0 bridgehead atoms. The molecule has 0 amide bonds. The van der Waals surface area contributed by atoms with Gasteiger partial charge >= 0.3 is 0 Å². The van der Waals surface area contributed by atoms with Crippen LogP contribution in [-0.4, -0.2) is 27.2 Å². The van der Waals surface area contributed by atoms with E-state index in [1.165, 1.54) is 12.3 Å². The summed E-state index contributed by atoms with van der Waals surface area (Å²) in [4.78, 5) is 12.5. The maximum atomic E-state index is 14.3. The normalized spacial score (nSPS) is 10.9. The summed E-state index contributed by atoms with van der Waals surface area (Å²) in [5.41, 5.74) is 1.95. The second kappa shape index (κ2) is 5.69. The smallest absolute Gasteiger partial charge is 0.261 e. The van der Waals surface area contributed by atoms with Crippen LogP contribution in [0.1, 0.15) is 0 Å². The molecule has 2 heterocycles. The monoisotopic (exact) mass is 322 g/mol. The summed E-state index contributed by atoms with van der Waals surface area (Å²) in [6.07, 6.45) is 3.05. The van der Waals surface area contributed by atoms with Crippen molar-refractivity contribution >= 4 is 11.0 Å². The van der Waals surface area contributed by atoms with Crippen molar-refractivity contribution in [3.8, 4) is 28.6 Å². The second-order valence-electron chi connectivity index (χ2n) is 5.03. The van der Waals surface area contributed by atoms with E-state index in [1.807, 2.05) is 0 Å². The van der Waals surface area contributed by atoms with E-state index in [-0.39, 0.29) is 11.5 Å². The molecular formula is C17H11FN4O2. The van der Waals surface area contributed by atoms with Gasteiger partial charge in [-0.3, -0.25) is 9.97 Å². The van der Waals surface area contributed by atoms with Crippen LogP contribution in [0.5, 0.6) is 5.75 Å². The average molecular weight is 322 g/mol. The van der Waals surface area contributed by atoms with E-state index >= 15 is 0 Å². The fraction of sp³-hybridized carbons (Fsp3) is 0.0588. The summed E-state index contributed by atoms with van der Waals surface area (Å²) in [6.45, 7) is 0. The molecule has 6 nitrogen and oxygen atoms in total. The summed E-state index contributed by atoms with van der Waals surface area (Å²) in [6, 6.07) is 10.0. The minimum atomic E-state index is -0.493. The zero-order valence-electron chi connectivity index (χ0n) is 12.6. The van der Waals surface area contributed by atoms with E-state index in [0.717, 1.165) is 11.3 Å². The molecule has 0 N–H and O–H groups in total. The molecule has 2 aromatic heterocycles. The van der Waals surface area contributed by atoms with E-state index in [2.05, 4.69) is 20.1 Å². The molecule has 0 aliphatic carbocycles. The summed E-state index contributed by atoms with van der Waals surface area (Å²) in [5, 5.41) is 3.91. The maximum absolute atomic E-state index is 14.3. The molecule has 0 unspecified atom stereocenters. The number of rotatable bonds is 3. The van der Waals surface area contributed by atoms with Crippen LogP contribution in [0.2, 0.25) is 0 Å². The lowest BCUT2D eigenvalue weighted by atomic mass is 10.1. The van der Waals surface area contributed by atoms with Gasteiger partial charge in [-0.2, -0.15) is 4.98 Å². The van der Waals surface area contributed by atoms with Crippen LogP contribution in [0, 0.1) is 5.82 Å². The zero-order chi connectivity index (χ0) is 16.5. The van der Waals surface area contributed by atoms with Crippen molar-refractivity contribution in [3.05, 3.63) is 54.6 Å². The summed E-state index contributed by atoms with van der Waals surface area (Å²) >= 11 is 0. The number of hydrogen-bond acceptors (Lipinski definition) is 6. The quantitative estimate of drug-likeness (QED) is 0.575. The van der Waals surface area contributed by atoms with E-state index < -0.39 is 5.82 Å². The third-order valence-electron chi connectivity index (χ3n) is 3.56. The third kappa shape index (κ3) is 2.45. The number of aromatic nitrogens is 4. The molecule has 0 saturated heterocycles. The van der Waals surface area contributed by atoms with Crippen LogP contribution >= 0.6 is 0 Å². The van der Waals surface area contributed by atoms with Gasteiger partial charge in [-0.1, -0.05) is 5.16 Å². The largest absolute Gasteiger partial charge is 0.497 e. The lowest BCUT2D eigenvalue weighted by Crippen LogP contribution is -1.89. The highest BCUT2D eigenvalue weighted by Crippen LogP contribution is 2.27. The standard InChI is InChI=1S/C17H11FN4O2/c1-23-11-4-2-10(3-5-11)16-21-17(24-22-16)12-8-14-15(9-13(12)18)20-7-6-19-14/h2-9H,1H3. The van der Waals surface area contributed by atoms with Gasteiger partial charge in [0.2, 0.25) is 5.82 Å². The molecule has 0 saturated carbocycles. The Bertz CT molecular complexity index is 1010. The minimum Gasteiger partial charge on any atom is -0.497 e. The Morgan fingerprint density at radius 2 is 1.71 bits per heavy atom. The Labute approximate surface area is 135 Å². The second-order valence-corrected chi connectivity index (χ2v) is 5.03. The fourth-order valence-corrected chi connectivity index (χ4v) is 2.34. The molecule has 24 heavy (non-hydrogen) atoms. The van der Waals surface area contributed by atoms with Crippen molar-refractivity contribution < 1.29 is 13.7 Å². The highest BCUT2D eigenvalue weighted by atomic mass is 19.1. The number of nitrogens with zero attached hydrogens (tertiary/aromatic N) is 4. The number of methoxy groups -OCH3 is 1. The Morgan fingerprint density at radius 3 is 2.42 bits per heavy atom. The van der Waals surface area contributed by atoms with Gasteiger partial charge in [0.15, 0.2) is 0 Å². The summed E-state index contributed by atoms with van der Waals surface area (Å²) in [5.74, 6) is 0.687. The van der Waals surface area contributed by atoms with Gasteiger partial charge < -0.3 is 9.26 Å². The van der Waals surface area contributed by atoms with Gasteiger partial charge in [-0.25, -0.2) is 4.39 Å². The number of fused-ring (bicyclic) bond motifs is 1. The molecule has 0 radical (unpaired) electrons. The molecule has 0 atom stereocenters. The number of ether oxygens (including phenoxy) is 1. The highest BCUT2D eigenvalue weighted by molar-refractivity contribution is 5.79. The molecule has 4 rings (SSSR count). The summed E-state index contributed by atoms with van der Waals surface area (Å²) in [7, 11) is 1.59. The van der Waals surface area contributed by atoms with Gasteiger partial charge in [0.1, 0.15) is 11.6 Å². The Balaban J connectivity index is 1.75. The maximum Gasteiger partial charge on any atom is 0.261 e. The first-order valence-electron chi connectivity index (χ1n) is 7.13. The van der Waals surface area contributed by atoms with Gasteiger partial charge in [0.05, 0.1) is 23.7 Å². The highest BCUT2D eigenvalue weighted by Gasteiger charge is 2.16. The van der Waals surface area contributed by atoms with Crippen LogP contribution in [0.3, 0.4) is 0 Å². The van der Waals surface area contributed by atoms with Crippen LogP contribution in [0.15, 0.2) is 53.3 Å². The topological polar surface area (TPSA) is 73.9 Å². The van der Waals surface area contributed by atoms with Gasteiger partial charge in [0, 0.05) is 24.0 Å². The zero-order valence-corrected chi connectivity index (χ0v) is 12.6. The molecule has 0 aliphatic heterocycles. The van der Waals surface area contributed by atoms with Crippen LogP contribution < -0.4 is 4.74 Å². The van der Waals surface area contributed by atoms with Crippen molar-refractivity contribution in [2.75, 3.05) is 7.11 Å². The van der Waals surface area contributed by atoms with Crippen molar-refractivity contribution in [2.45, 2.75) is 0 Å². The van der Waals surface area contributed by atoms with Crippen molar-refractivity contribution in [3.63, 3.8) is 0 Å². The molecule has 4 aromatic rings. The van der Waals surface area contributed by atoms with Crippen molar-refractivity contribution in [1.29, 1.82) is 0 Å². The van der Waals surface area contributed by atoms with Crippen LogP contribution in [0.25, 0.3) is 33.9 Å². The van der Waals surface area contributed by atoms with Crippen LogP contribution in [-0.2, 0) is 0 Å². The Morgan fingerprint density at radius 1 is 1.00 bits per heavy atom. The third-order valence-corrected chi connectivity index (χ3v) is 3.56. The fourth-order valence-electron chi connectivity index (χ4n) is 2.34. The van der Waals surface area contributed by atoms with E-state index in [9.17, 15) is 4.39 Å². The van der Waals surface area contributed by atoms with Crippen molar-refractivity contribution in [1.82, 2.24) is 20.1 Å². The van der Waals surface area contributed by atoms with Gasteiger partial charge in [-0.15, -0.1) is 0 Å². The Kier molecular flexibility index (Phi) is 3.38. The first-order valence-corrected chi connectivity index (χ1v) is 7.13. The molecule has 0 aliphatic rings. The lowest BCUT2D eigenvalue weighted by molar-refractivity contribution is 0.414. The predicted molar refractivity (Wildman–Crippen MR) is 84.8 cm³/mol.